The molecule has 3 heterocycles. The number of fused-ring (bicyclic) bond motifs is 1. The van der Waals surface area contributed by atoms with Crippen molar-refractivity contribution in [2.45, 2.75) is 75.6 Å². The van der Waals surface area contributed by atoms with Crippen LogP contribution in [0.5, 0.6) is 0 Å². The molecule has 3 aliphatic rings. The maximum Gasteiger partial charge on any atom is 0.251 e. The van der Waals surface area contributed by atoms with E-state index in [1.165, 1.54) is 0 Å². The first-order chi connectivity index (χ1) is 21.6. The average molecular weight is 630 g/mol. The molecule has 0 aliphatic carbocycles. The zero-order valence-corrected chi connectivity index (χ0v) is 27.8. The lowest BCUT2D eigenvalue weighted by Gasteiger charge is -2.40. The smallest absolute Gasteiger partial charge is 0.251 e. The first-order valence-corrected chi connectivity index (χ1v) is 17.0. The maximum absolute atomic E-state index is 15.0. The Bertz CT molecular complexity index is 1440. The molecule has 2 unspecified atom stereocenters. The third-order valence-electron chi connectivity index (χ3n) is 9.72. The van der Waals surface area contributed by atoms with E-state index in [1.807, 2.05) is 62.4 Å². The molecule has 6 atom stereocenters. The number of benzene rings is 2. The predicted molar refractivity (Wildman–Crippen MR) is 182 cm³/mol. The molecule has 0 saturated carbocycles. The minimum absolute atomic E-state index is 0.0572. The molecule has 45 heavy (non-hydrogen) atoms. The van der Waals surface area contributed by atoms with E-state index < -0.39 is 28.7 Å². The number of hydrogen-bond donors (Lipinski definition) is 1. The molecule has 3 aliphatic heterocycles. The Balaban J connectivity index is 1.59. The van der Waals surface area contributed by atoms with Crippen LogP contribution in [0.4, 0.5) is 5.69 Å². The van der Waals surface area contributed by atoms with Gasteiger partial charge in [-0.25, -0.2) is 0 Å². The highest BCUT2D eigenvalue weighted by Crippen LogP contribution is 2.67. The summed E-state index contributed by atoms with van der Waals surface area (Å²) >= 11 is 1.67. The van der Waals surface area contributed by atoms with Gasteiger partial charge in [-0.3, -0.25) is 14.4 Å². The number of carbonyl (C=O) groups excluding carboxylic acids is 3. The van der Waals surface area contributed by atoms with Crippen LogP contribution in [0.25, 0.3) is 0 Å². The fourth-order valence-corrected chi connectivity index (χ4v) is 10.1. The van der Waals surface area contributed by atoms with E-state index in [9.17, 15) is 14.7 Å². The fourth-order valence-electron chi connectivity index (χ4n) is 7.86. The van der Waals surface area contributed by atoms with Crippen LogP contribution < -0.4 is 4.90 Å². The summed E-state index contributed by atoms with van der Waals surface area (Å²) in [5.41, 5.74) is 3.79. The quantitative estimate of drug-likeness (QED) is 0.295. The Hall–Kier alpha value is -3.36. The molecule has 3 saturated heterocycles. The normalized spacial score (nSPS) is 25.7. The molecule has 2 aromatic rings. The average Bonchev–Trinajstić information content (AvgIpc) is 3.67. The molecule has 0 radical (unpaired) electrons. The van der Waals surface area contributed by atoms with Crippen molar-refractivity contribution in [3.8, 4) is 0 Å². The highest BCUT2D eigenvalue weighted by atomic mass is 32.2. The molecular weight excluding hydrogens is 582 g/mol. The van der Waals surface area contributed by atoms with Crippen molar-refractivity contribution < 1.29 is 19.5 Å². The van der Waals surface area contributed by atoms with Crippen molar-refractivity contribution in [2.75, 3.05) is 24.6 Å². The highest BCUT2D eigenvalue weighted by molar-refractivity contribution is 8.02. The fraction of sp³-hybridized carbons (Fsp3) is 0.486. The van der Waals surface area contributed by atoms with Gasteiger partial charge >= 0.3 is 0 Å². The molecule has 2 bridgehead atoms. The van der Waals surface area contributed by atoms with Crippen LogP contribution >= 0.6 is 11.8 Å². The van der Waals surface area contributed by atoms with Crippen LogP contribution in [-0.2, 0) is 20.9 Å². The Morgan fingerprint density at radius 2 is 1.80 bits per heavy atom. The van der Waals surface area contributed by atoms with E-state index in [-0.39, 0.29) is 42.0 Å². The summed E-state index contributed by atoms with van der Waals surface area (Å²) in [5.74, 6) is -1.41. The highest BCUT2D eigenvalue weighted by Gasteiger charge is 2.74. The SMILES string of the molecule is C=CCN(Cc1ccccc1)C(=O)[C@@H]1[C@@H]2CCC3(S2)C(C(=O)N(CC=C)c2cc(C)ccc2C)N([C@@H](CO)CC(C)C)C(=O)[C@H]13. The van der Waals surface area contributed by atoms with Gasteiger partial charge in [-0.1, -0.05) is 68.5 Å². The molecular formula is C37H47N3O4S. The van der Waals surface area contributed by atoms with Crippen LogP contribution in [0.1, 0.15) is 49.8 Å². The molecule has 7 nitrogen and oxygen atoms in total. The summed E-state index contributed by atoms with van der Waals surface area (Å²) in [6.45, 7) is 16.8. The first-order valence-electron chi connectivity index (χ1n) is 16.1. The van der Waals surface area contributed by atoms with Gasteiger partial charge in [0.1, 0.15) is 6.04 Å². The zero-order chi connectivity index (χ0) is 32.5. The lowest BCUT2D eigenvalue weighted by Crippen LogP contribution is -2.58. The summed E-state index contributed by atoms with van der Waals surface area (Å²) in [4.78, 5) is 49.5. The van der Waals surface area contributed by atoms with E-state index in [0.29, 0.717) is 25.9 Å². The van der Waals surface area contributed by atoms with E-state index >= 15 is 4.79 Å². The van der Waals surface area contributed by atoms with Gasteiger partial charge in [0, 0.05) is 30.6 Å². The van der Waals surface area contributed by atoms with Crippen LogP contribution in [-0.4, -0.2) is 74.4 Å². The van der Waals surface area contributed by atoms with Gasteiger partial charge in [0.05, 0.1) is 29.2 Å². The Labute approximate surface area is 272 Å². The molecule has 3 fully saturated rings. The monoisotopic (exact) mass is 629 g/mol. The lowest BCUT2D eigenvalue weighted by molar-refractivity contribution is -0.145. The molecule has 5 rings (SSSR count). The number of hydrogen-bond acceptors (Lipinski definition) is 5. The topological polar surface area (TPSA) is 81.2 Å². The number of rotatable bonds is 13. The molecule has 8 heteroatoms. The van der Waals surface area contributed by atoms with Crippen molar-refractivity contribution in [3.63, 3.8) is 0 Å². The summed E-state index contributed by atoms with van der Waals surface area (Å²) < 4.78 is -0.757. The van der Waals surface area contributed by atoms with E-state index in [0.717, 1.165) is 28.8 Å². The number of thioether (sulfide) groups is 1. The van der Waals surface area contributed by atoms with Crippen LogP contribution in [0.3, 0.4) is 0 Å². The first kappa shape index (κ1) is 33.0. The van der Waals surface area contributed by atoms with E-state index in [1.54, 1.807) is 38.6 Å². The predicted octanol–water partition coefficient (Wildman–Crippen LogP) is 5.54. The number of anilines is 1. The van der Waals surface area contributed by atoms with Crippen molar-refractivity contribution in [1.82, 2.24) is 9.80 Å². The Morgan fingerprint density at radius 1 is 1.09 bits per heavy atom. The van der Waals surface area contributed by atoms with E-state index in [4.69, 9.17) is 0 Å². The number of aliphatic hydroxyl groups is 1. The summed E-state index contributed by atoms with van der Waals surface area (Å²) in [6, 6.07) is 14.6. The number of amides is 3. The minimum Gasteiger partial charge on any atom is -0.394 e. The van der Waals surface area contributed by atoms with Crippen molar-refractivity contribution in [2.24, 2.45) is 17.8 Å². The van der Waals surface area contributed by atoms with Gasteiger partial charge in [-0.15, -0.1) is 24.9 Å². The summed E-state index contributed by atoms with van der Waals surface area (Å²) in [5, 5.41) is 10.6. The van der Waals surface area contributed by atoms with Gasteiger partial charge in [0.15, 0.2) is 0 Å². The van der Waals surface area contributed by atoms with Gasteiger partial charge in [-0.05, 0) is 61.8 Å². The van der Waals surface area contributed by atoms with Crippen LogP contribution in [0, 0.1) is 31.6 Å². The molecule has 2 aromatic carbocycles. The van der Waals surface area contributed by atoms with Crippen molar-refractivity contribution in [1.29, 1.82) is 0 Å². The minimum atomic E-state index is -0.805. The standard InChI is InChI=1S/C37H47N3O4S/c1-7-18-38(22-27-12-10-9-11-13-27)34(42)31-30-16-17-37(45-30)32(31)35(43)40(28(23-41)20-24(3)4)33(37)36(44)39(19-8-2)29-21-25(5)14-15-26(29)6/h7-15,21,24,28,30-33,41H,1-2,16-20,22-23H2,3-6H3/t28-,30+,31-,32+,33?,37?/m1/s1. The molecule has 1 spiro atoms. The number of likely N-dealkylation sites (tertiary alicyclic amines) is 1. The van der Waals surface area contributed by atoms with Gasteiger partial charge < -0.3 is 19.8 Å². The maximum atomic E-state index is 15.0. The van der Waals surface area contributed by atoms with E-state index in [2.05, 4.69) is 27.0 Å². The zero-order valence-electron chi connectivity index (χ0n) is 27.0. The molecule has 0 aromatic heterocycles. The number of aryl methyl sites for hydroxylation is 2. The third-order valence-corrected chi connectivity index (χ3v) is 11.7. The van der Waals surface area contributed by atoms with Crippen molar-refractivity contribution in [3.05, 3.63) is 90.5 Å². The second kappa shape index (κ2) is 13.6. The molecule has 240 valence electrons. The lowest BCUT2D eigenvalue weighted by atomic mass is 9.70. The second-order valence-corrected chi connectivity index (χ2v) is 14.9. The second-order valence-electron chi connectivity index (χ2n) is 13.3. The van der Waals surface area contributed by atoms with Crippen LogP contribution in [0.2, 0.25) is 0 Å². The van der Waals surface area contributed by atoms with Gasteiger partial charge in [0.2, 0.25) is 11.8 Å². The number of carbonyl (C=O) groups is 3. The summed E-state index contributed by atoms with van der Waals surface area (Å²) in [6.07, 6.45) is 5.44. The number of aliphatic hydroxyl groups excluding tert-OH is 1. The molecule has 3 amide bonds. The number of nitrogens with zero attached hydrogens (tertiary/aromatic N) is 3. The Morgan fingerprint density at radius 3 is 2.44 bits per heavy atom. The van der Waals surface area contributed by atoms with Crippen molar-refractivity contribution >= 4 is 35.2 Å². The van der Waals surface area contributed by atoms with Gasteiger partial charge in [-0.2, -0.15) is 0 Å². The Kier molecular flexibility index (Phi) is 9.94. The largest absolute Gasteiger partial charge is 0.394 e. The third kappa shape index (κ3) is 5.99. The van der Waals surface area contributed by atoms with Gasteiger partial charge in [0.25, 0.3) is 5.91 Å². The molecule has 1 N–H and O–H groups in total. The van der Waals surface area contributed by atoms with Crippen LogP contribution in [0.15, 0.2) is 73.8 Å². The summed E-state index contributed by atoms with van der Waals surface area (Å²) in [7, 11) is 0.